The molecule has 96 valence electrons. The molecule has 0 amide bonds. The lowest BCUT2D eigenvalue weighted by Crippen LogP contribution is -2.13. The van der Waals surface area contributed by atoms with E-state index in [4.69, 9.17) is 0 Å². The van der Waals surface area contributed by atoms with E-state index < -0.39 is 10.2 Å². The molecule has 2 aromatic rings. The smallest absolute Gasteiger partial charge is 0.288 e. The number of hydrogen-bond donors (Lipinski definition) is 0. The van der Waals surface area contributed by atoms with E-state index in [9.17, 15) is 12.3 Å². The molecule has 0 radical (unpaired) electrons. The van der Waals surface area contributed by atoms with E-state index in [0.717, 1.165) is 24.8 Å². The Hall–Kier alpha value is -1.43. The van der Waals surface area contributed by atoms with Crippen molar-refractivity contribution >= 4 is 15.9 Å². The summed E-state index contributed by atoms with van der Waals surface area (Å²) >= 11 is 0. The maximum absolute atomic E-state index is 13.5. The molecular weight excluding hydrogens is 255 g/mol. The van der Waals surface area contributed by atoms with E-state index in [-0.39, 0.29) is 10.9 Å². The molecule has 0 bridgehead atoms. The number of hydrogen-bond acceptors (Lipinski definition) is 3. The van der Waals surface area contributed by atoms with Crippen LogP contribution in [-0.4, -0.2) is 17.8 Å². The van der Waals surface area contributed by atoms with Crippen LogP contribution in [0.2, 0.25) is 0 Å². The van der Waals surface area contributed by atoms with Gasteiger partial charge in [-0.3, -0.25) is 4.40 Å². The summed E-state index contributed by atoms with van der Waals surface area (Å²) < 4.78 is 37.6. The second kappa shape index (κ2) is 3.78. The van der Waals surface area contributed by atoms with Crippen molar-refractivity contribution in [1.29, 1.82) is 0 Å². The highest BCUT2D eigenvalue weighted by Gasteiger charge is 2.32. The van der Waals surface area contributed by atoms with Crippen molar-refractivity contribution in [3.05, 3.63) is 29.6 Å². The zero-order valence-corrected chi connectivity index (χ0v) is 10.7. The van der Waals surface area contributed by atoms with Crippen LogP contribution in [0.4, 0.5) is 3.89 Å². The summed E-state index contributed by atoms with van der Waals surface area (Å²) in [6.07, 6.45) is 4.41. The molecule has 1 aliphatic rings. The number of nitrogens with zero attached hydrogens (tertiary/aromatic N) is 2. The van der Waals surface area contributed by atoms with Gasteiger partial charge in [-0.1, -0.05) is 16.4 Å². The van der Waals surface area contributed by atoms with Crippen LogP contribution in [0.25, 0.3) is 5.65 Å². The first-order chi connectivity index (χ1) is 8.47. The van der Waals surface area contributed by atoms with Crippen LogP contribution in [0.5, 0.6) is 0 Å². The van der Waals surface area contributed by atoms with Gasteiger partial charge in [0.05, 0.1) is 5.69 Å². The third kappa shape index (κ3) is 1.71. The van der Waals surface area contributed by atoms with Crippen molar-refractivity contribution in [3.8, 4) is 0 Å². The van der Waals surface area contributed by atoms with Crippen LogP contribution in [-0.2, 0) is 10.2 Å². The fraction of sp³-hybridized carbons (Fsp3) is 0.417. The molecule has 0 aromatic carbocycles. The Balaban J connectivity index is 2.34. The van der Waals surface area contributed by atoms with Crippen molar-refractivity contribution in [2.45, 2.75) is 37.1 Å². The summed E-state index contributed by atoms with van der Waals surface area (Å²) in [5.74, 6) is 0.0748. The van der Waals surface area contributed by atoms with E-state index in [1.165, 1.54) is 4.40 Å². The second-order valence-corrected chi connectivity index (χ2v) is 6.06. The minimum atomic E-state index is -4.75. The molecule has 1 fully saturated rings. The molecule has 0 unspecified atom stereocenters. The van der Waals surface area contributed by atoms with Gasteiger partial charge in [0.15, 0.2) is 5.03 Å². The van der Waals surface area contributed by atoms with Gasteiger partial charge in [0.1, 0.15) is 5.65 Å². The normalized spacial score (nSPS) is 17.0. The van der Waals surface area contributed by atoms with Crippen LogP contribution in [0, 0.1) is 6.92 Å². The van der Waals surface area contributed by atoms with Crippen molar-refractivity contribution in [2.24, 2.45) is 0 Å². The van der Waals surface area contributed by atoms with Gasteiger partial charge in [-0.25, -0.2) is 4.98 Å². The van der Waals surface area contributed by atoms with Crippen LogP contribution in [0.15, 0.2) is 23.4 Å². The Morgan fingerprint density at radius 3 is 2.67 bits per heavy atom. The van der Waals surface area contributed by atoms with Crippen molar-refractivity contribution in [3.63, 3.8) is 0 Å². The summed E-state index contributed by atoms with van der Waals surface area (Å²) in [5.41, 5.74) is 1.73. The molecule has 0 N–H and O–H groups in total. The van der Waals surface area contributed by atoms with Gasteiger partial charge < -0.3 is 0 Å². The average molecular weight is 268 g/mol. The molecule has 0 spiro atoms. The van der Waals surface area contributed by atoms with E-state index in [2.05, 4.69) is 4.98 Å². The molecule has 1 saturated carbocycles. The van der Waals surface area contributed by atoms with Gasteiger partial charge in [-0.05, 0) is 31.4 Å². The lowest BCUT2D eigenvalue weighted by atomic mass is 9.83. The molecule has 18 heavy (non-hydrogen) atoms. The number of halogens is 1. The molecule has 0 atom stereocenters. The SMILES string of the molecule is Cc1ccc2nc(C3CCC3)c(S(=O)(=O)F)n2c1. The molecule has 2 aromatic heterocycles. The first-order valence-electron chi connectivity index (χ1n) is 5.90. The van der Waals surface area contributed by atoms with E-state index in [1.807, 2.05) is 13.0 Å². The number of fused-ring (bicyclic) bond motifs is 1. The Kier molecular flexibility index (Phi) is 2.45. The molecular formula is C12H13FN2O2S. The Morgan fingerprint density at radius 2 is 2.11 bits per heavy atom. The van der Waals surface area contributed by atoms with Crippen LogP contribution < -0.4 is 0 Å². The largest absolute Gasteiger partial charge is 0.350 e. The van der Waals surface area contributed by atoms with Gasteiger partial charge in [-0.15, -0.1) is 0 Å². The van der Waals surface area contributed by atoms with E-state index in [1.54, 1.807) is 12.3 Å². The first kappa shape index (κ1) is 11.6. The summed E-state index contributed by atoms with van der Waals surface area (Å²) in [6, 6.07) is 3.55. The monoisotopic (exact) mass is 268 g/mol. The summed E-state index contributed by atoms with van der Waals surface area (Å²) in [7, 11) is -4.75. The third-order valence-electron chi connectivity index (χ3n) is 3.47. The van der Waals surface area contributed by atoms with Crippen LogP contribution in [0.3, 0.4) is 0 Å². The zero-order valence-electron chi connectivity index (χ0n) is 9.93. The molecule has 0 saturated heterocycles. The number of aromatic nitrogens is 2. The predicted molar refractivity (Wildman–Crippen MR) is 64.8 cm³/mol. The lowest BCUT2D eigenvalue weighted by molar-refractivity contribution is 0.404. The highest BCUT2D eigenvalue weighted by atomic mass is 32.3. The lowest BCUT2D eigenvalue weighted by Gasteiger charge is -2.23. The molecule has 6 heteroatoms. The molecule has 3 rings (SSSR count). The fourth-order valence-electron chi connectivity index (χ4n) is 2.34. The van der Waals surface area contributed by atoms with Crippen molar-refractivity contribution in [2.75, 3.05) is 0 Å². The minimum absolute atomic E-state index is 0.0748. The summed E-state index contributed by atoms with van der Waals surface area (Å²) in [4.78, 5) is 4.29. The molecule has 1 aliphatic carbocycles. The summed E-state index contributed by atoms with van der Waals surface area (Å²) in [5, 5.41) is -0.286. The van der Waals surface area contributed by atoms with Gasteiger partial charge in [0.2, 0.25) is 0 Å². The number of aryl methyl sites for hydroxylation is 1. The van der Waals surface area contributed by atoms with Gasteiger partial charge >= 0.3 is 10.2 Å². The Labute approximate surface area is 105 Å². The topological polar surface area (TPSA) is 51.4 Å². The van der Waals surface area contributed by atoms with E-state index >= 15 is 0 Å². The average Bonchev–Trinajstić information content (AvgIpc) is 2.51. The standard InChI is InChI=1S/C12H13FN2O2S/c1-8-5-6-10-14-11(9-3-2-4-9)12(15(10)7-8)18(13,16)17/h5-7,9H,2-4H2,1H3. The number of rotatable bonds is 2. The molecule has 0 aliphatic heterocycles. The van der Waals surface area contributed by atoms with E-state index in [0.29, 0.717) is 11.3 Å². The van der Waals surface area contributed by atoms with Crippen LogP contribution in [0.1, 0.15) is 36.4 Å². The van der Waals surface area contributed by atoms with Gasteiger partial charge in [0.25, 0.3) is 0 Å². The fourth-order valence-corrected chi connectivity index (χ4v) is 3.18. The third-order valence-corrected chi connectivity index (χ3v) is 4.34. The van der Waals surface area contributed by atoms with Crippen LogP contribution >= 0.6 is 0 Å². The maximum Gasteiger partial charge on any atom is 0.350 e. The maximum atomic E-state index is 13.5. The number of pyridine rings is 1. The zero-order chi connectivity index (χ0) is 12.9. The number of imidazole rings is 1. The highest BCUT2D eigenvalue weighted by Crippen LogP contribution is 2.39. The second-order valence-electron chi connectivity index (χ2n) is 4.80. The van der Waals surface area contributed by atoms with Crippen molar-refractivity contribution < 1.29 is 12.3 Å². The minimum Gasteiger partial charge on any atom is -0.288 e. The Morgan fingerprint density at radius 1 is 1.39 bits per heavy atom. The van der Waals surface area contributed by atoms with Gasteiger partial charge in [0, 0.05) is 12.1 Å². The van der Waals surface area contributed by atoms with Gasteiger partial charge in [-0.2, -0.15) is 8.42 Å². The first-order valence-corrected chi connectivity index (χ1v) is 7.28. The predicted octanol–water partition coefficient (Wildman–Crippen LogP) is 2.57. The molecule has 4 nitrogen and oxygen atoms in total. The Bertz CT molecular complexity index is 717. The summed E-state index contributed by atoms with van der Waals surface area (Å²) in [6.45, 7) is 1.83. The van der Waals surface area contributed by atoms with Crippen molar-refractivity contribution in [1.82, 2.24) is 9.38 Å². The quantitative estimate of drug-likeness (QED) is 0.787. The molecule has 2 heterocycles. The highest BCUT2D eigenvalue weighted by molar-refractivity contribution is 7.86.